The van der Waals surface area contributed by atoms with E-state index in [9.17, 15) is 0 Å². The Morgan fingerprint density at radius 2 is 2.11 bits per heavy atom. The Labute approximate surface area is 110 Å². The van der Waals surface area contributed by atoms with Crippen molar-refractivity contribution in [1.29, 1.82) is 0 Å². The molecule has 2 atom stereocenters. The zero-order valence-electron chi connectivity index (χ0n) is 11.6. The third-order valence-corrected chi connectivity index (χ3v) is 3.79. The molecule has 1 aromatic heterocycles. The molecule has 1 fully saturated rings. The molecule has 4 nitrogen and oxygen atoms in total. The molecule has 0 bridgehead atoms. The van der Waals surface area contributed by atoms with Crippen LogP contribution >= 0.6 is 0 Å². The predicted molar refractivity (Wildman–Crippen MR) is 73.1 cm³/mol. The lowest BCUT2D eigenvalue weighted by Crippen LogP contribution is -2.42. The van der Waals surface area contributed by atoms with Gasteiger partial charge in [-0.05, 0) is 31.9 Å². The van der Waals surface area contributed by atoms with Gasteiger partial charge in [0.1, 0.15) is 5.82 Å². The molecule has 2 heterocycles. The van der Waals surface area contributed by atoms with Gasteiger partial charge in [-0.2, -0.15) is 0 Å². The van der Waals surface area contributed by atoms with Gasteiger partial charge in [0.05, 0.1) is 6.54 Å². The van der Waals surface area contributed by atoms with Crippen LogP contribution in [0.3, 0.4) is 0 Å². The van der Waals surface area contributed by atoms with Crippen molar-refractivity contribution in [3.8, 4) is 0 Å². The van der Waals surface area contributed by atoms with Gasteiger partial charge >= 0.3 is 0 Å². The Hall–Kier alpha value is -1.00. The molecule has 4 heteroatoms. The van der Waals surface area contributed by atoms with Crippen molar-refractivity contribution in [3.05, 3.63) is 24.3 Å². The first-order chi connectivity index (χ1) is 8.66. The molecular weight excluding hydrogens is 224 g/mol. The van der Waals surface area contributed by atoms with Crippen molar-refractivity contribution in [2.45, 2.75) is 45.8 Å². The Bertz CT molecular complexity index is 352. The zero-order chi connectivity index (χ0) is 13.0. The number of nitrogens with one attached hydrogen (secondary N) is 1. The summed E-state index contributed by atoms with van der Waals surface area (Å²) in [7, 11) is 0. The van der Waals surface area contributed by atoms with Crippen LogP contribution in [0.2, 0.25) is 0 Å². The molecule has 1 aromatic rings. The molecular formula is C14H24N4. The molecule has 1 N–H and O–H groups in total. The van der Waals surface area contributed by atoms with E-state index in [1.54, 1.807) is 0 Å². The van der Waals surface area contributed by atoms with Crippen molar-refractivity contribution in [2.75, 3.05) is 13.1 Å². The maximum atomic E-state index is 4.33. The van der Waals surface area contributed by atoms with E-state index in [0.717, 1.165) is 25.5 Å². The Kier molecular flexibility index (Phi) is 4.66. The Morgan fingerprint density at radius 1 is 1.39 bits per heavy atom. The fourth-order valence-electron chi connectivity index (χ4n) is 2.42. The van der Waals surface area contributed by atoms with Crippen LogP contribution < -0.4 is 5.32 Å². The van der Waals surface area contributed by atoms with E-state index in [0.29, 0.717) is 18.0 Å². The summed E-state index contributed by atoms with van der Waals surface area (Å²) in [6, 6.07) is 3.03. The van der Waals surface area contributed by atoms with Gasteiger partial charge in [0.15, 0.2) is 0 Å². The topological polar surface area (TPSA) is 41.1 Å². The quantitative estimate of drug-likeness (QED) is 0.883. The fourth-order valence-corrected chi connectivity index (χ4v) is 2.42. The molecule has 0 radical (unpaired) electrons. The molecule has 0 aliphatic carbocycles. The number of hydrogen-bond donors (Lipinski definition) is 1. The minimum Gasteiger partial charge on any atom is -0.312 e. The smallest absolute Gasteiger partial charge is 0.142 e. The summed E-state index contributed by atoms with van der Waals surface area (Å²) in [5.41, 5.74) is 0. The Balaban J connectivity index is 2.03. The first kappa shape index (κ1) is 13.4. The standard InChI is InChI=1S/C14H24N4/c1-11(2)13-9-18(12(3)5-8-15-13)10-14-16-6-4-7-17-14/h4,6-7,11-13,15H,5,8-10H2,1-3H3. The second-order valence-electron chi connectivity index (χ2n) is 5.54. The lowest BCUT2D eigenvalue weighted by atomic mass is 10.0. The number of rotatable bonds is 3. The van der Waals surface area contributed by atoms with Crippen molar-refractivity contribution >= 4 is 0 Å². The maximum absolute atomic E-state index is 4.33. The average Bonchev–Trinajstić information content (AvgIpc) is 2.54. The van der Waals surface area contributed by atoms with Gasteiger partial charge in [-0.3, -0.25) is 4.90 Å². The van der Waals surface area contributed by atoms with Crippen molar-refractivity contribution in [3.63, 3.8) is 0 Å². The molecule has 0 amide bonds. The van der Waals surface area contributed by atoms with Crippen LogP contribution in [0, 0.1) is 5.92 Å². The minimum atomic E-state index is 0.568. The average molecular weight is 248 g/mol. The lowest BCUT2D eigenvalue weighted by Gasteiger charge is -2.29. The Morgan fingerprint density at radius 3 is 2.78 bits per heavy atom. The molecule has 1 aliphatic rings. The highest BCUT2D eigenvalue weighted by Crippen LogP contribution is 2.15. The van der Waals surface area contributed by atoms with Gasteiger partial charge in [0.2, 0.25) is 0 Å². The normalized spacial score (nSPS) is 26.2. The van der Waals surface area contributed by atoms with Crippen LogP contribution in [0.25, 0.3) is 0 Å². The van der Waals surface area contributed by atoms with Gasteiger partial charge in [-0.1, -0.05) is 13.8 Å². The van der Waals surface area contributed by atoms with Crippen LogP contribution in [0.5, 0.6) is 0 Å². The van der Waals surface area contributed by atoms with E-state index in [4.69, 9.17) is 0 Å². The molecule has 2 unspecified atom stereocenters. The summed E-state index contributed by atoms with van der Waals surface area (Å²) in [5, 5.41) is 3.64. The summed E-state index contributed by atoms with van der Waals surface area (Å²) < 4.78 is 0. The van der Waals surface area contributed by atoms with E-state index in [1.165, 1.54) is 6.42 Å². The SMILES string of the molecule is CC(C)C1CN(Cc2ncccn2)C(C)CCN1. The summed E-state index contributed by atoms with van der Waals surface area (Å²) in [4.78, 5) is 11.2. The van der Waals surface area contributed by atoms with Crippen LogP contribution in [0.4, 0.5) is 0 Å². The molecule has 18 heavy (non-hydrogen) atoms. The van der Waals surface area contributed by atoms with E-state index in [1.807, 2.05) is 18.5 Å². The largest absolute Gasteiger partial charge is 0.312 e. The first-order valence-electron chi connectivity index (χ1n) is 6.90. The molecule has 1 saturated heterocycles. The van der Waals surface area contributed by atoms with Crippen LogP contribution in [-0.4, -0.2) is 40.0 Å². The van der Waals surface area contributed by atoms with E-state index < -0.39 is 0 Å². The second-order valence-corrected chi connectivity index (χ2v) is 5.54. The highest BCUT2D eigenvalue weighted by molar-refractivity contribution is 4.91. The molecule has 0 saturated carbocycles. The van der Waals surface area contributed by atoms with Gasteiger partial charge in [0, 0.05) is 31.0 Å². The monoisotopic (exact) mass is 248 g/mol. The van der Waals surface area contributed by atoms with Crippen LogP contribution in [-0.2, 0) is 6.54 Å². The predicted octanol–water partition coefficient (Wildman–Crippen LogP) is 1.69. The highest BCUT2D eigenvalue weighted by Gasteiger charge is 2.25. The molecule has 1 aliphatic heterocycles. The molecule has 2 rings (SSSR count). The van der Waals surface area contributed by atoms with Gasteiger partial charge < -0.3 is 5.32 Å². The minimum absolute atomic E-state index is 0.568. The van der Waals surface area contributed by atoms with Gasteiger partial charge in [-0.15, -0.1) is 0 Å². The number of aromatic nitrogens is 2. The third-order valence-electron chi connectivity index (χ3n) is 3.79. The third kappa shape index (κ3) is 3.50. The number of nitrogens with zero attached hydrogens (tertiary/aromatic N) is 3. The van der Waals surface area contributed by atoms with Crippen molar-refractivity contribution in [1.82, 2.24) is 20.2 Å². The maximum Gasteiger partial charge on any atom is 0.142 e. The molecule has 100 valence electrons. The molecule has 0 spiro atoms. The molecule has 0 aromatic carbocycles. The van der Waals surface area contributed by atoms with E-state index in [-0.39, 0.29) is 0 Å². The van der Waals surface area contributed by atoms with Crippen LogP contribution in [0.15, 0.2) is 18.5 Å². The second kappa shape index (κ2) is 6.25. The summed E-state index contributed by atoms with van der Waals surface area (Å²) >= 11 is 0. The van der Waals surface area contributed by atoms with Crippen molar-refractivity contribution < 1.29 is 0 Å². The summed E-state index contributed by atoms with van der Waals surface area (Å²) in [6.45, 7) is 9.91. The summed E-state index contributed by atoms with van der Waals surface area (Å²) in [5.74, 6) is 1.59. The lowest BCUT2D eigenvalue weighted by molar-refractivity contribution is 0.179. The first-order valence-corrected chi connectivity index (χ1v) is 6.90. The zero-order valence-corrected chi connectivity index (χ0v) is 11.6. The fraction of sp³-hybridized carbons (Fsp3) is 0.714. The highest BCUT2D eigenvalue weighted by atomic mass is 15.2. The van der Waals surface area contributed by atoms with Gasteiger partial charge in [0.25, 0.3) is 0 Å². The van der Waals surface area contributed by atoms with Crippen molar-refractivity contribution in [2.24, 2.45) is 5.92 Å². The van der Waals surface area contributed by atoms with E-state index in [2.05, 4.69) is 41.0 Å². The van der Waals surface area contributed by atoms with E-state index >= 15 is 0 Å². The summed E-state index contributed by atoms with van der Waals surface area (Å²) in [6.07, 6.45) is 4.84. The van der Waals surface area contributed by atoms with Gasteiger partial charge in [-0.25, -0.2) is 9.97 Å². The van der Waals surface area contributed by atoms with Crippen LogP contribution in [0.1, 0.15) is 33.0 Å². The number of hydrogen-bond acceptors (Lipinski definition) is 4.